The minimum atomic E-state index is 0.394. The monoisotopic (exact) mass is 282 g/mol. The third kappa shape index (κ3) is 4.48. The summed E-state index contributed by atoms with van der Waals surface area (Å²) in [5.41, 5.74) is 2.56. The SMILES string of the molecule is CCCC(=O)CCCc1ccc(C)cc1Br. The van der Waals surface area contributed by atoms with Crippen LogP contribution in [0.5, 0.6) is 0 Å². The molecule has 0 unspecified atom stereocenters. The smallest absolute Gasteiger partial charge is 0.132 e. The second-order valence-electron chi connectivity index (χ2n) is 4.24. The van der Waals surface area contributed by atoms with Gasteiger partial charge in [0.1, 0.15) is 5.78 Å². The van der Waals surface area contributed by atoms with Gasteiger partial charge in [-0.1, -0.05) is 35.0 Å². The maximum absolute atomic E-state index is 11.4. The van der Waals surface area contributed by atoms with Crippen LogP contribution in [0.1, 0.15) is 43.7 Å². The van der Waals surface area contributed by atoms with Gasteiger partial charge in [-0.15, -0.1) is 0 Å². The molecule has 1 aromatic carbocycles. The molecule has 0 aromatic heterocycles. The van der Waals surface area contributed by atoms with Crippen LogP contribution in [-0.2, 0) is 11.2 Å². The molecule has 0 saturated heterocycles. The van der Waals surface area contributed by atoms with E-state index in [2.05, 4.69) is 48.0 Å². The number of carbonyl (C=O) groups is 1. The second-order valence-corrected chi connectivity index (χ2v) is 5.09. The van der Waals surface area contributed by atoms with Crippen LogP contribution in [0.2, 0.25) is 0 Å². The number of hydrogen-bond donors (Lipinski definition) is 0. The molecule has 0 N–H and O–H groups in total. The van der Waals surface area contributed by atoms with E-state index in [1.54, 1.807) is 0 Å². The summed E-state index contributed by atoms with van der Waals surface area (Å²) < 4.78 is 1.16. The van der Waals surface area contributed by atoms with Crippen LogP contribution in [0.4, 0.5) is 0 Å². The van der Waals surface area contributed by atoms with Gasteiger partial charge in [0.05, 0.1) is 0 Å². The van der Waals surface area contributed by atoms with Crippen LogP contribution >= 0.6 is 15.9 Å². The number of ketones is 1. The van der Waals surface area contributed by atoms with Crippen molar-refractivity contribution < 1.29 is 4.79 Å². The molecular formula is C14H19BrO. The molecule has 2 heteroatoms. The van der Waals surface area contributed by atoms with Crippen LogP contribution < -0.4 is 0 Å². The lowest BCUT2D eigenvalue weighted by Crippen LogP contribution is -1.98. The zero-order valence-corrected chi connectivity index (χ0v) is 11.6. The second kappa shape index (κ2) is 6.85. The molecule has 0 atom stereocenters. The number of Topliss-reactive ketones (excluding diaryl/α,β-unsaturated/α-hetero) is 1. The Balaban J connectivity index is 2.40. The largest absolute Gasteiger partial charge is 0.300 e. The van der Waals surface area contributed by atoms with Gasteiger partial charge in [-0.25, -0.2) is 0 Å². The number of hydrogen-bond acceptors (Lipinski definition) is 1. The van der Waals surface area contributed by atoms with Crippen LogP contribution in [0.15, 0.2) is 22.7 Å². The molecule has 0 bridgehead atoms. The van der Waals surface area contributed by atoms with E-state index < -0.39 is 0 Å². The Labute approximate surface area is 106 Å². The summed E-state index contributed by atoms with van der Waals surface area (Å²) >= 11 is 3.56. The van der Waals surface area contributed by atoms with E-state index in [4.69, 9.17) is 0 Å². The van der Waals surface area contributed by atoms with Gasteiger partial charge in [-0.2, -0.15) is 0 Å². The van der Waals surface area contributed by atoms with Crippen molar-refractivity contribution in [3.8, 4) is 0 Å². The van der Waals surface area contributed by atoms with Crippen LogP contribution in [0.3, 0.4) is 0 Å². The number of benzene rings is 1. The van der Waals surface area contributed by atoms with E-state index in [0.717, 1.165) is 30.2 Å². The molecule has 0 fully saturated rings. The van der Waals surface area contributed by atoms with Gasteiger partial charge in [-0.3, -0.25) is 4.79 Å². The molecule has 0 aliphatic carbocycles. The fourth-order valence-corrected chi connectivity index (χ4v) is 2.43. The molecule has 1 nitrogen and oxygen atoms in total. The van der Waals surface area contributed by atoms with E-state index in [1.165, 1.54) is 11.1 Å². The maximum atomic E-state index is 11.4. The van der Waals surface area contributed by atoms with E-state index in [-0.39, 0.29) is 0 Å². The van der Waals surface area contributed by atoms with Crippen LogP contribution in [0, 0.1) is 6.92 Å². The number of aryl methyl sites for hydroxylation is 2. The molecule has 0 aliphatic rings. The van der Waals surface area contributed by atoms with Crippen molar-refractivity contribution in [3.63, 3.8) is 0 Å². The van der Waals surface area contributed by atoms with Gasteiger partial charge in [-0.05, 0) is 43.4 Å². The zero-order valence-electron chi connectivity index (χ0n) is 10.1. The Morgan fingerprint density at radius 2 is 2.06 bits per heavy atom. The lowest BCUT2D eigenvalue weighted by atomic mass is 10.0. The Kier molecular flexibility index (Phi) is 5.75. The predicted molar refractivity (Wildman–Crippen MR) is 71.7 cm³/mol. The average molecular weight is 283 g/mol. The van der Waals surface area contributed by atoms with Crippen molar-refractivity contribution in [1.29, 1.82) is 0 Å². The van der Waals surface area contributed by atoms with Gasteiger partial charge < -0.3 is 0 Å². The first kappa shape index (κ1) is 13.4. The Hall–Kier alpha value is -0.630. The fraction of sp³-hybridized carbons (Fsp3) is 0.500. The molecule has 0 spiro atoms. The van der Waals surface area contributed by atoms with Crippen molar-refractivity contribution in [3.05, 3.63) is 33.8 Å². The highest BCUT2D eigenvalue weighted by Gasteiger charge is 2.03. The van der Waals surface area contributed by atoms with E-state index in [1.807, 2.05) is 0 Å². The quantitative estimate of drug-likeness (QED) is 0.753. The average Bonchev–Trinajstić information content (AvgIpc) is 2.22. The highest BCUT2D eigenvalue weighted by Crippen LogP contribution is 2.20. The summed E-state index contributed by atoms with van der Waals surface area (Å²) in [4.78, 5) is 11.4. The van der Waals surface area contributed by atoms with E-state index in [0.29, 0.717) is 12.2 Å². The molecule has 0 aliphatic heterocycles. The predicted octanol–water partition coefficient (Wildman–Crippen LogP) is 4.45. The normalized spacial score (nSPS) is 10.4. The fourth-order valence-electron chi connectivity index (χ4n) is 1.73. The lowest BCUT2D eigenvalue weighted by molar-refractivity contribution is -0.119. The topological polar surface area (TPSA) is 17.1 Å². The zero-order chi connectivity index (χ0) is 12.0. The number of carbonyl (C=O) groups excluding carboxylic acids is 1. The Morgan fingerprint density at radius 3 is 2.69 bits per heavy atom. The molecule has 1 aromatic rings. The molecule has 16 heavy (non-hydrogen) atoms. The summed E-state index contributed by atoms with van der Waals surface area (Å²) in [5, 5.41) is 0. The molecule has 0 saturated carbocycles. The first-order chi connectivity index (χ1) is 7.63. The first-order valence-electron chi connectivity index (χ1n) is 5.90. The Morgan fingerprint density at radius 1 is 1.31 bits per heavy atom. The van der Waals surface area contributed by atoms with Crippen molar-refractivity contribution in [2.45, 2.75) is 46.0 Å². The maximum Gasteiger partial charge on any atom is 0.132 e. The summed E-state index contributed by atoms with van der Waals surface area (Å²) in [6, 6.07) is 6.39. The Bertz CT molecular complexity index is 358. The molecular weight excluding hydrogens is 264 g/mol. The first-order valence-corrected chi connectivity index (χ1v) is 6.69. The molecule has 0 amide bonds. The third-order valence-electron chi connectivity index (χ3n) is 2.64. The molecule has 1 rings (SSSR count). The van der Waals surface area contributed by atoms with Gasteiger partial charge in [0, 0.05) is 17.3 Å². The van der Waals surface area contributed by atoms with Crippen LogP contribution in [-0.4, -0.2) is 5.78 Å². The summed E-state index contributed by atoms with van der Waals surface area (Å²) in [5.74, 6) is 0.394. The highest BCUT2D eigenvalue weighted by molar-refractivity contribution is 9.10. The van der Waals surface area contributed by atoms with E-state index in [9.17, 15) is 4.79 Å². The summed E-state index contributed by atoms with van der Waals surface area (Å²) in [7, 11) is 0. The molecule has 0 heterocycles. The van der Waals surface area contributed by atoms with Gasteiger partial charge in [0.15, 0.2) is 0 Å². The number of rotatable bonds is 6. The van der Waals surface area contributed by atoms with Crippen molar-refractivity contribution in [1.82, 2.24) is 0 Å². The van der Waals surface area contributed by atoms with E-state index >= 15 is 0 Å². The molecule has 0 radical (unpaired) electrons. The summed E-state index contributed by atoms with van der Waals surface area (Å²) in [6.07, 6.45) is 4.35. The minimum absolute atomic E-state index is 0.394. The van der Waals surface area contributed by atoms with Gasteiger partial charge in [0.25, 0.3) is 0 Å². The standard InChI is InChI=1S/C14H19BrO/c1-3-5-13(16)7-4-6-12-9-8-11(2)10-14(12)15/h8-10H,3-7H2,1-2H3. The van der Waals surface area contributed by atoms with Gasteiger partial charge >= 0.3 is 0 Å². The third-order valence-corrected chi connectivity index (χ3v) is 3.38. The molecule has 88 valence electrons. The minimum Gasteiger partial charge on any atom is -0.300 e. The summed E-state index contributed by atoms with van der Waals surface area (Å²) in [6.45, 7) is 4.13. The van der Waals surface area contributed by atoms with Crippen molar-refractivity contribution >= 4 is 21.7 Å². The highest BCUT2D eigenvalue weighted by atomic mass is 79.9. The van der Waals surface area contributed by atoms with Gasteiger partial charge in [0.2, 0.25) is 0 Å². The lowest BCUT2D eigenvalue weighted by Gasteiger charge is -2.05. The van der Waals surface area contributed by atoms with Crippen molar-refractivity contribution in [2.75, 3.05) is 0 Å². The number of halogens is 1. The van der Waals surface area contributed by atoms with Crippen molar-refractivity contribution in [2.24, 2.45) is 0 Å². The van der Waals surface area contributed by atoms with Crippen LogP contribution in [0.25, 0.3) is 0 Å².